The molecule has 0 saturated heterocycles. The number of amides is 3. The molecule has 0 saturated carbocycles. The highest BCUT2D eigenvalue weighted by Gasteiger charge is 2.17. The fourth-order valence-electron chi connectivity index (χ4n) is 4.42. The standard InChI is InChI=1S/C35H32N4O6S2/c1-4-45-26-15-16-28-31(20-26)47-35(38-28)39-32(40)21-46-27-12-8-11-24(18-27)36-34(42)29(37-33(41)22-9-6-5-7-10-22)17-23-13-14-25(43-2)19-30(23)44-3/h5-20H,4,21H2,1-3H3,(H,36,42)(H,37,41)(H,38,39,40)/b29-17+. The maximum absolute atomic E-state index is 13.6. The number of carbonyl (C=O) groups excluding carboxylic acids is 3. The van der Waals surface area contributed by atoms with Crippen molar-refractivity contribution in [1.29, 1.82) is 0 Å². The van der Waals surface area contributed by atoms with Crippen LogP contribution in [0.3, 0.4) is 0 Å². The second-order valence-electron chi connectivity index (χ2n) is 9.89. The van der Waals surface area contributed by atoms with Gasteiger partial charge in [0.05, 0.1) is 36.8 Å². The van der Waals surface area contributed by atoms with Crippen molar-refractivity contribution in [1.82, 2.24) is 10.3 Å². The Hall–Kier alpha value is -5.33. The molecular formula is C35H32N4O6S2. The van der Waals surface area contributed by atoms with E-state index in [2.05, 4.69) is 20.9 Å². The van der Waals surface area contributed by atoms with Gasteiger partial charge in [0.15, 0.2) is 5.13 Å². The number of hydrogen-bond acceptors (Lipinski definition) is 9. The molecule has 4 aromatic carbocycles. The molecule has 0 fully saturated rings. The predicted molar refractivity (Wildman–Crippen MR) is 187 cm³/mol. The summed E-state index contributed by atoms with van der Waals surface area (Å²) in [4.78, 5) is 44.6. The van der Waals surface area contributed by atoms with Gasteiger partial charge in [-0.1, -0.05) is 35.6 Å². The van der Waals surface area contributed by atoms with Crippen molar-refractivity contribution in [2.75, 3.05) is 37.2 Å². The Bertz CT molecular complexity index is 1930. The average Bonchev–Trinajstić information content (AvgIpc) is 3.49. The fraction of sp³-hybridized carbons (Fsp3) is 0.143. The summed E-state index contributed by atoms with van der Waals surface area (Å²) < 4.78 is 17.2. The Balaban J connectivity index is 1.27. The lowest BCUT2D eigenvalue weighted by atomic mass is 10.1. The molecule has 0 bridgehead atoms. The number of methoxy groups -OCH3 is 2. The first kappa shape index (κ1) is 33.0. The van der Waals surface area contributed by atoms with Crippen molar-refractivity contribution in [2.45, 2.75) is 11.8 Å². The summed E-state index contributed by atoms with van der Waals surface area (Å²) in [6.07, 6.45) is 1.54. The molecule has 0 aliphatic carbocycles. The largest absolute Gasteiger partial charge is 0.497 e. The first-order valence-corrected chi connectivity index (χ1v) is 16.3. The van der Waals surface area contributed by atoms with E-state index >= 15 is 0 Å². The van der Waals surface area contributed by atoms with Crippen molar-refractivity contribution in [3.63, 3.8) is 0 Å². The lowest BCUT2D eigenvalue weighted by Gasteiger charge is -2.13. The van der Waals surface area contributed by atoms with Crippen LogP contribution in [0.1, 0.15) is 22.8 Å². The SMILES string of the molecule is CCOc1ccc2nc(NC(=O)CSc3cccc(NC(=O)/C(=C\c4ccc(OC)cc4OC)NC(=O)c4ccccc4)c3)sc2c1. The Morgan fingerprint density at radius 2 is 1.68 bits per heavy atom. The molecule has 0 unspecified atom stereocenters. The molecule has 5 rings (SSSR count). The molecule has 240 valence electrons. The minimum atomic E-state index is -0.546. The van der Waals surface area contributed by atoms with Crippen LogP contribution in [-0.2, 0) is 9.59 Å². The van der Waals surface area contributed by atoms with Gasteiger partial charge in [-0.05, 0) is 73.7 Å². The van der Waals surface area contributed by atoms with Crippen molar-refractivity contribution in [3.05, 3.63) is 108 Å². The monoisotopic (exact) mass is 668 g/mol. The number of fused-ring (bicyclic) bond motifs is 1. The van der Waals surface area contributed by atoms with E-state index in [0.29, 0.717) is 40.1 Å². The van der Waals surface area contributed by atoms with Crippen molar-refractivity contribution in [2.24, 2.45) is 0 Å². The van der Waals surface area contributed by atoms with Gasteiger partial charge >= 0.3 is 0 Å². The second kappa shape index (κ2) is 15.8. The number of aromatic nitrogens is 1. The van der Waals surface area contributed by atoms with Crippen LogP contribution in [0.2, 0.25) is 0 Å². The minimum absolute atomic E-state index is 0.00367. The lowest BCUT2D eigenvalue weighted by molar-refractivity contribution is -0.114. The molecule has 0 spiro atoms. The summed E-state index contributed by atoms with van der Waals surface area (Å²) in [7, 11) is 3.05. The first-order valence-electron chi connectivity index (χ1n) is 14.5. The molecule has 10 nitrogen and oxygen atoms in total. The lowest BCUT2D eigenvalue weighted by Crippen LogP contribution is -2.30. The molecule has 0 atom stereocenters. The molecular weight excluding hydrogens is 637 g/mol. The van der Waals surface area contributed by atoms with Crippen LogP contribution in [0.25, 0.3) is 16.3 Å². The van der Waals surface area contributed by atoms with Crippen molar-refractivity contribution in [3.8, 4) is 17.2 Å². The first-order chi connectivity index (χ1) is 22.8. The third kappa shape index (κ3) is 8.90. The van der Waals surface area contributed by atoms with Crippen LogP contribution in [0.15, 0.2) is 102 Å². The molecule has 47 heavy (non-hydrogen) atoms. The molecule has 5 aromatic rings. The fourth-order valence-corrected chi connectivity index (χ4v) is 6.08. The summed E-state index contributed by atoms with van der Waals surface area (Å²) in [6.45, 7) is 2.49. The molecule has 0 radical (unpaired) electrons. The van der Waals surface area contributed by atoms with Gasteiger partial charge in [0.1, 0.15) is 22.9 Å². The van der Waals surface area contributed by atoms with E-state index < -0.39 is 11.8 Å². The van der Waals surface area contributed by atoms with E-state index in [0.717, 1.165) is 20.9 Å². The van der Waals surface area contributed by atoms with Crippen LogP contribution in [0, 0.1) is 0 Å². The maximum atomic E-state index is 13.6. The third-order valence-corrected chi connectivity index (χ3v) is 8.58. The summed E-state index contributed by atoms with van der Waals surface area (Å²) in [5, 5.41) is 8.95. The Labute approximate surface area is 280 Å². The number of carbonyl (C=O) groups is 3. The van der Waals surface area contributed by atoms with E-state index in [9.17, 15) is 14.4 Å². The minimum Gasteiger partial charge on any atom is -0.497 e. The van der Waals surface area contributed by atoms with Crippen molar-refractivity contribution < 1.29 is 28.6 Å². The molecule has 1 aromatic heterocycles. The topological polar surface area (TPSA) is 128 Å². The van der Waals surface area contributed by atoms with Crippen LogP contribution in [0.4, 0.5) is 10.8 Å². The number of thiazole rings is 1. The van der Waals surface area contributed by atoms with Gasteiger partial charge in [-0.3, -0.25) is 14.4 Å². The number of nitrogens with zero attached hydrogens (tertiary/aromatic N) is 1. The molecule has 1 heterocycles. The number of anilines is 2. The highest BCUT2D eigenvalue weighted by atomic mass is 32.2. The van der Waals surface area contributed by atoms with Gasteiger partial charge in [-0.15, -0.1) is 11.8 Å². The van der Waals surface area contributed by atoms with E-state index in [1.165, 1.54) is 36.3 Å². The Morgan fingerprint density at radius 3 is 2.45 bits per heavy atom. The van der Waals surface area contributed by atoms with E-state index in [4.69, 9.17) is 14.2 Å². The maximum Gasteiger partial charge on any atom is 0.272 e. The number of thioether (sulfide) groups is 1. The van der Waals surface area contributed by atoms with E-state index in [-0.39, 0.29) is 17.4 Å². The van der Waals surface area contributed by atoms with Gasteiger partial charge in [-0.25, -0.2) is 4.98 Å². The van der Waals surface area contributed by atoms with Crippen LogP contribution in [-0.4, -0.2) is 49.3 Å². The van der Waals surface area contributed by atoms with Gasteiger partial charge in [-0.2, -0.15) is 0 Å². The highest BCUT2D eigenvalue weighted by molar-refractivity contribution is 8.00. The zero-order chi connectivity index (χ0) is 33.2. The van der Waals surface area contributed by atoms with Crippen LogP contribution >= 0.6 is 23.1 Å². The zero-order valence-electron chi connectivity index (χ0n) is 25.9. The summed E-state index contributed by atoms with van der Waals surface area (Å²) in [5.41, 5.74) is 2.22. The molecule has 0 aliphatic rings. The smallest absolute Gasteiger partial charge is 0.272 e. The average molecular weight is 669 g/mol. The number of hydrogen-bond donors (Lipinski definition) is 3. The van der Waals surface area contributed by atoms with E-state index in [1.807, 2.05) is 31.2 Å². The Morgan fingerprint density at radius 1 is 0.872 bits per heavy atom. The predicted octanol–water partition coefficient (Wildman–Crippen LogP) is 6.85. The second-order valence-corrected chi connectivity index (χ2v) is 12.0. The summed E-state index contributed by atoms with van der Waals surface area (Å²) >= 11 is 2.69. The number of rotatable bonds is 13. The van der Waals surface area contributed by atoms with Gasteiger partial charge < -0.3 is 30.2 Å². The summed E-state index contributed by atoms with van der Waals surface area (Å²) in [6, 6.07) is 26.5. The third-order valence-electron chi connectivity index (χ3n) is 6.65. The van der Waals surface area contributed by atoms with Crippen LogP contribution < -0.4 is 30.2 Å². The molecule has 0 aliphatic heterocycles. The van der Waals surface area contributed by atoms with Crippen molar-refractivity contribution >= 4 is 67.9 Å². The quantitative estimate of drug-likeness (QED) is 0.0918. The molecule has 3 N–H and O–H groups in total. The zero-order valence-corrected chi connectivity index (χ0v) is 27.5. The van der Waals surface area contributed by atoms with Crippen LogP contribution in [0.5, 0.6) is 17.2 Å². The van der Waals surface area contributed by atoms with E-state index in [1.54, 1.807) is 73.8 Å². The number of ether oxygens (including phenoxy) is 3. The summed E-state index contributed by atoms with van der Waals surface area (Å²) in [5.74, 6) is 0.723. The van der Waals surface area contributed by atoms with Gasteiger partial charge in [0.25, 0.3) is 11.8 Å². The normalized spacial score (nSPS) is 11.1. The highest BCUT2D eigenvalue weighted by Crippen LogP contribution is 2.30. The number of nitrogens with one attached hydrogen (secondary N) is 3. The molecule has 12 heteroatoms. The van der Waals surface area contributed by atoms with Gasteiger partial charge in [0.2, 0.25) is 5.91 Å². The molecule has 3 amide bonds. The number of benzene rings is 4. The Kier molecular flexibility index (Phi) is 11.1. The van der Waals surface area contributed by atoms with Gasteiger partial charge in [0, 0.05) is 27.8 Å².